The van der Waals surface area contributed by atoms with Gasteiger partial charge >= 0.3 is 0 Å². The Morgan fingerprint density at radius 1 is 1.09 bits per heavy atom. The summed E-state index contributed by atoms with van der Waals surface area (Å²) >= 11 is 0. The van der Waals surface area contributed by atoms with E-state index in [1.54, 1.807) is 0 Å². The number of aromatic nitrogens is 2. The van der Waals surface area contributed by atoms with Crippen LogP contribution < -0.4 is 5.32 Å². The van der Waals surface area contributed by atoms with Crippen molar-refractivity contribution in [3.8, 4) is 0 Å². The summed E-state index contributed by atoms with van der Waals surface area (Å²) in [5, 5.41) is 11.2. The first-order valence-electron chi connectivity index (χ1n) is 11.7. The van der Waals surface area contributed by atoms with Gasteiger partial charge in [-0.3, -0.25) is 19.6 Å². The van der Waals surface area contributed by atoms with Crippen LogP contribution in [-0.2, 0) is 11.3 Å². The van der Waals surface area contributed by atoms with Crippen LogP contribution in [0.3, 0.4) is 0 Å². The van der Waals surface area contributed by atoms with Crippen molar-refractivity contribution in [1.82, 2.24) is 25.3 Å². The van der Waals surface area contributed by atoms with E-state index in [1.807, 2.05) is 47.4 Å². The molecule has 2 amide bonds. The van der Waals surface area contributed by atoms with Crippen LogP contribution >= 0.6 is 0 Å². The van der Waals surface area contributed by atoms with E-state index in [9.17, 15) is 9.59 Å². The van der Waals surface area contributed by atoms with Crippen molar-refractivity contribution in [2.45, 2.75) is 20.4 Å². The topological polar surface area (TPSA) is 81.3 Å². The van der Waals surface area contributed by atoms with Crippen molar-refractivity contribution in [1.29, 1.82) is 0 Å². The summed E-state index contributed by atoms with van der Waals surface area (Å²) in [5.41, 5.74) is 2.35. The number of carbonyl (C=O) groups is 2. The molecule has 2 fully saturated rings. The van der Waals surface area contributed by atoms with Gasteiger partial charge in [-0.15, -0.1) is 0 Å². The maximum Gasteiger partial charge on any atom is 0.275 e. The third kappa shape index (κ3) is 4.13. The standard InChI is InChI=1S/C26H31N5O2/c1-18(2)12-27-24(32)21-14-30(13-19-8-4-3-5-9-19)15-26(21)16-31(17-26)25(33)23-20-10-6-7-11-22(20)28-29-23/h3-11,18,21H,12-17H2,1-2H3,(H,27,32)(H,28,29). The molecule has 0 radical (unpaired) electrons. The zero-order valence-electron chi connectivity index (χ0n) is 19.3. The quantitative estimate of drug-likeness (QED) is 0.611. The third-order valence-corrected chi connectivity index (χ3v) is 6.94. The molecule has 7 nitrogen and oxygen atoms in total. The first-order valence-corrected chi connectivity index (χ1v) is 11.7. The van der Waals surface area contributed by atoms with Crippen molar-refractivity contribution in [2.75, 3.05) is 32.7 Å². The zero-order valence-corrected chi connectivity index (χ0v) is 19.3. The normalized spacial score (nSPS) is 19.8. The van der Waals surface area contributed by atoms with E-state index in [1.165, 1.54) is 5.56 Å². The number of aromatic amines is 1. The summed E-state index contributed by atoms with van der Waals surface area (Å²) in [5.74, 6) is 0.316. The molecule has 0 bridgehead atoms. The molecule has 1 atom stereocenters. The number of fused-ring (bicyclic) bond motifs is 1. The van der Waals surface area contributed by atoms with Crippen LogP contribution in [0.5, 0.6) is 0 Å². The molecule has 2 saturated heterocycles. The van der Waals surface area contributed by atoms with Crippen LogP contribution in [0.4, 0.5) is 0 Å². The highest BCUT2D eigenvalue weighted by Gasteiger charge is 2.58. The van der Waals surface area contributed by atoms with E-state index in [0.29, 0.717) is 37.8 Å². The van der Waals surface area contributed by atoms with E-state index in [-0.39, 0.29) is 23.1 Å². The van der Waals surface area contributed by atoms with E-state index in [2.05, 4.69) is 46.4 Å². The molecule has 5 rings (SSSR count). The Hall–Kier alpha value is -3.19. The minimum Gasteiger partial charge on any atom is -0.356 e. The number of carbonyl (C=O) groups excluding carboxylic acids is 2. The Bertz CT molecular complexity index is 1150. The number of para-hydroxylation sites is 1. The number of rotatable bonds is 6. The van der Waals surface area contributed by atoms with Gasteiger partial charge in [-0.25, -0.2) is 0 Å². The molecule has 3 heterocycles. The molecular weight excluding hydrogens is 414 g/mol. The molecule has 7 heteroatoms. The van der Waals surface area contributed by atoms with Gasteiger partial charge in [-0.2, -0.15) is 5.10 Å². The van der Waals surface area contributed by atoms with Gasteiger partial charge in [-0.05, 0) is 17.5 Å². The number of hydrogen-bond acceptors (Lipinski definition) is 4. The minimum absolute atomic E-state index is 0.0686. The molecule has 172 valence electrons. The van der Waals surface area contributed by atoms with E-state index >= 15 is 0 Å². The number of amides is 2. The Kier molecular flexibility index (Phi) is 5.66. The lowest BCUT2D eigenvalue weighted by Crippen LogP contribution is -2.64. The van der Waals surface area contributed by atoms with E-state index < -0.39 is 0 Å². The SMILES string of the molecule is CC(C)CNC(=O)C1CN(Cc2ccccc2)CC12CN(C(=O)c1n[nH]c3ccccc13)C2. The Balaban J connectivity index is 1.33. The van der Waals surface area contributed by atoms with Crippen LogP contribution in [0.25, 0.3) is 10.9 Å². The van der Waals surface area contributed by atoms with Crippen molar-refractivity contribution >= 4 is 22.7 Å². The van der Waals surface area contributed by atoms with Gasteiger partial charge in [0.15, 0.2) is 5.69 Å². The number of hydrogen-bond donors (Lipinski definition) is 2. The second-order valence-electron chi connectivity index (χ2n) is 9.99. The maximum absolute atomic E-state index is 13.2. The summed E-state index contributed by atoms with van der Waals surface area (Å²) < 4.78 is 0. The fourth-order valence-corrected chi connectivity index (χ4v) is 5.28. The highest BCUT2D eigenvalue weighted by molar-refractivity contribution is 6.05. The van der Waals surface area contributed by atoms with Crippen molar-refractivity contribution in [2.24, 2.45) is 17.3 Å². The molecular formula is C26H31N5O2. The third-order valence-electron chi connectivity index (χ3n) is 6.94. The molecule has 0 aliphatic carbocycles. The lowest BCUT2D eigenvalue weighted by Gasteiger charge is -2.50. The number of likely N-dealkylation sites (tertiary alicyclic amines) is 2. The molecule has 1 spiro atoms. The highest BCUT2D eigenvalue weighted by Crippen LogP contribution is 2.45. The summed E-state index contributed by atoms with van der Waals surface area (Å²) in [6.45, 7) is 8.38. The highest BCUT2D eigenvalue weighted by atomic mass is 16.2. The number of H-pyrrole nitrogens is 1. The molecule has 2 aromatic carbocycles. The molecule has 2 N–H and O–H groups in total. The Labute approximate surface area is 194 Å². The largest absolute Gasteiger partial charge is 0.356 e. The molecule has 33 heavy (non-hydrogen) atoms. The molecule has 2 aliphatic heterocycles. The van der Waals surface area contributed by atoms with Crippen LogP contribution in [0.15, 0.2) is 54.6 Å². The fraction of sp³-hybridized carbons (Fsp3) is 0.423. The number of benzene rings is 2. The van der Waals surface area contributed by atoms with Crippen LogP contribution in [-0.4, -0.2) is 64.5 Å². The van der Waals surface area contributed by atoms with Crippen molar-refractivity contribution in [3.63, 3.8) is 0 Å². The van der Waals surface area contributed by atoms with Gasteiger partial charge < -0.3 is 10.2 Å². The Morgan fingerprint density at radius 3 is 2.58 bits per heavy atom. The van der Waals surface area contributed by atoms with E-state index in [0.717, 1.165) is 24.0 Å². The summed E-state index contributed by atoms with van der Waals surface area (Å²) in [4.78, 5) is 30.6. The van der Waals surface area contributed by atoms with Gasteiger partial charge in [0.1, 0.15) is 0 Å². The molecule has 3 aromatic rings. The van der Waals surface area contributed by atoms with Crippen LogP contribution in [0.2, 0.25) is 0 Å². The lowest BCUT2D eigenvalue weighted by atomic mass is 9.71. The fourth-order valence-electron chi connectivity index (χ4n) is 5.28. The zero-order chi connectivity index (χ0) is 23.0. The molecule has 2 aliphatic rings. The smallest absolute Gasteiger partial charge is 0.275 e. The van der Waals surface area contributed by atoms with Crippen LogP contribution in [0, 0.1) is 17.3 Å². The number of nitrogens with zero attached hydrogens (tertiary/aromatic N) is 3. The molecule has 1 unspecified atom stereocenters. The van der Waals surface area contributed by atoms with Crippen LogP contribution in [0.1, 0.15) is 29.9 Å². The monoisotopic (exact) mass is 445 g/mol. The average molecular weight is 446 g/mol. The maximum atomic E-state index is 13.2. The second-order valence-corrected chi connectivity index (χ2v) is 9.99. The summed E-state index contributed by atoms with van der Waals surface area (Å²) in [7, 11) is 0. The average Bonchev–Trinajstić information content (AvgIpc) is 3.39. The predicted octanol–water partition coefficient (Wildman–Crippen LogP) is 2.91. The minimum atomic E-state index is -0.211. The summed E-state index contributed by atoms with van der Waals surface area (Å²) in [6, 6.07) is 18.0. The first kappa shape index (κ1) is 21.6. The van der Waals surface area contributed by atoms with Gasteiger partial charge in [0, 0.05) is 50.1 Å². The molecule has 0 saturated carbocycles. The van der Waals surface area contributed by atoms with Gasteiger partial charge in [0.05, 0.1) is 11.4 Å². The van der Waals surface area contributed by atoms with Gasteiger partial charge in [0.2, 0.25) is 5.91 Å². The van der Waals surface area contributed by atoms with Gasteiger partial charge in [-0.1, -0.05) is 62.4 Å². The van der Waals surface area contributed by atoms with E-state index in [4.69, 9.17) is 0 Å². The Morgan fingerprint density at radius 2 is 1.82 bits per heavy atom. The van der Waals surface area contributed by atoms with Crippen molar-refractivity contribution < 1.29 is 9.59 Å². The lowest BCUT2D eigenvalue weighted by molar-refractivity contribution is -0.131. The second kappa shape index (κ2) is 8.63. The first-order chi connectivity index (χ1) is 15.9. The number of nitrogens with one attached hydrogen (secondary N) is 2. The summed E-state index contributed by atoms with van der Waals surface area (Å²) in [6.07, 6.45) is 0. The van der Waals surface area contributed by atoms with Gasteiger partial charge in [0.25, 0.3) is 5.91 Å². The predicted molar refractivity (Wildman–Crippen MR) is 127 cm³/mol. The van der Waals surface area contributed by atoms with Crippen molar-refractivity contribution in [3.05, 3.63) is 65.9 Å². The molecule has 1 aromatic heterocycles.